The van der Waals surface area contributed by atoms with E-state index in [1.54, 1.807) is 4.90 Å². The quantitative estimate of drug-likeness (QED) is 0.624. The minimum atomic E-state index is -0.132. The van der Waals surface area contributed by atoms with Crippen molar-refractivity contribution in [2.45, 2.75) is 25.8 Å². The smallest absolute Gasteiger partial charge is 0.227 e. The summed E-state index contributed by atoms with van der Waals surface area (Å²) in [7, 11) is 0. The molecule has 1 N–H and O–H groups in total. The van der Waals surface area contributed by atoms with Crippen molar-refractivity contribution in [2.75, 3.05) is 24.7 Å². The van der Waals surface area contributed by atoms with Crippen molar-refractivity contribution in [3.05, 3.63) is 77.9 Å². The summed E-state index contributed by atoms with van der Waals surface area (Å²) in [5.74, 6) is 1.49. The number of para-hydroxylation sites is 2. The molecule has 33 heavy (non-hydrogen) atoms. The first-order chi connectivity index (χ1) is 16.2. The molecule has 0 atom stereocenters. The summed E-state index contributed by atoms with van der Waals surface area (Å²) in [4.78, 5) is 26.7. The van der Waals surface area contributed by atoms with E-state index in [2.05, 4.69) is 29.6 Å². The molecule has 0 saturated carbocycles. The number of carbonyl (C=O) groups excluding carboxylic acids is 2. The molecule has 5 rings (SSSR count). The molecule has 0 saturated heterocycles. The number of amides is 2. The predicted octanol–water partition coefficient (Wildman–Crippen LogP) is 4.11. The third-order valence-corrected chi connectivity index (χ3v) is 6.06. The first-order valence-corrected chi connectivity index (χ1v) is 11.3. The van der Waals surface area contributed by atoms with Gasteiger partial charge in [-0.1, -0.05) is 42.5 Å². The van der Waals surface area contributed by atoms with Crippen molar-refractivity contribution in [1.29, 1.82) is 0 Å². The molecule has 0 spiro atoms. The number of hydrogen-bond donors (Lipinski definition) is 1. The van der Waals surface area contributed by atoms with Crippen LogP contribution in [0.2, 0.25) is 0 Å². The minimum absolute atomic E-state index is 0.0648. The van der Waals surface area contributed by atoms with Crippen LogP contribution in [0.3, 0.4) is 0 Å². The van der Waals surface area contributed by atoms with E-state index in [9.17, 15) is 9.59 Å². The van der Waals surface area contributed by atoms with Crippen LogP contribution in [0.15, 0.2) is 66.7 Å². The molecule has 6 heteroatoms. The van der Waals surface area contributed by atoms with Crippen molar-refractivity contribution < 1.29 is 19.1 Å². The lowest BCUT2D eigenvalue weighted by Crippen LogP contribution is -2.38. The number of carbonyl (C=O) groups is 2. The summed E-state index contributed by atoms with van der Waals surface area (Å²) >= 11 is 0. The summed E-state index contributed by atoms with van der Waals surface area (Å²) in [5.41, 5.74) is 5.34. The number of nitrogens with one attached hydrogen (secondary N) is 1. The van der Waals surface area contributed by atoms with Gasteiger partial charge in [-0.25, -0.2) is 0 Å². The zero-order chi connectivity index (χ0) is 22.6. The van der Waals surface area contributed by atoms with Crippen LogP contribution < -0.4 is 19.7 Å². The van der Waals surface area contributed by atoms with Gasteiger partial charge >= 0.3 is 0 Å². The van der Waals surface area contributed by atoms with Gasteiger partial charge < -0.3 is 19.7 Å². The Hall–Kier alpha value is -3.80. The zero-order valence-corrected chi connectivity index (χ0v) is 18.4. The molecule has 3 aromatic carbocycles. The number of fused-ring (bicyclic) bond motifs is 2. The molecule has 0 fully saturated rings. The SMILES string of the molecule is O=C(CCC(=O)N1CCOc2ccccc21)NCc1ccc(-c2ccc3c(c2)CCO3)cc1. The molecule has 0 radical (unpaired) electrons. The lowest BCUT2D eigenvalue weighted by molar-refractivity contribution is -0.125. The standard InChI is InChI=1S/C27H26N2O4/c30-26(11-12-27(31)29-14-16-33-25-4-2-1-3-23(25)29)28-18-19-5-7-20(8-6-19)21-9-10-24-22(17-21)13-15-32-24/h1-10,17H,11-16,18H2,(H,28,30). The Morgan fingerprint density at radius 3 is 2.52 bits per heavy atom. The predicted molar refractivity (Wildman–Crippen MR) is 126 cm³/mol. The minimum Gasteiger partial charge on any atom is -0.493 e. The fraction of sp³-hybridized carbons (Fsp3) is 0.259. The summed E-state index contributed by atoms with van der Waals surface area (Å²) in [6.45, 7) is 2.15. The van der Waals surface area contributed by atoms with Crippen molar-refractivity contribution in [1.82, 2.24) is 5.32 Å². The van der Waals surface area contributed by atoms with Gasteiger partial charge in [0.1, 0.15) is 18.1 Å². The van der Waals surface area contributed by atoms with Gasteiger partial charge in [0.05, 0.1) is 18.8 Å². The van der Waals surface area contributed by atoms with Gasteiger partial charge in [0, 0.05) is 25.8 Å². The molecule has 2 amide bonds. The first-order valence-electron chi connectivity index (χ1n) is 11.3. The average Bonchev–Trinajstić information content (AvgIpc) is 3.34. The van der Waals surface area contributed by atoms with E-state index in [-0.39, 0.29) is 24.7 Å². The van der Waals surface area contributed by atoms with Gasteiger partial charge in [-0.15, -0.1) is 0 Å². The highest BCUT2D eigenvalue weighted by Gasteiger charge is 2.23. The largest absolute Gasteiger partial charge is 0.493 e. The highest BCUT2D eigenvalue weighted by molar-refractivity contribution is 5.97. The normalized spacial score (nSPS) is 14.0. The van der Waals surface area contributed by atoms with Crippen molar-refractivity contribution in [3.63, 3.8) is 0 Å². The van der Waals surface area contributed by atoms with E-state index in [0.29, 0.717) is 25.4 Å². The van der Waals surface area contributed by atoms with E-state index < -0.39 is 0 Å². The van der Waals surface area contributed by atoms with E-state index in [1.165, 1.54) is 5.56 Å². The van der Waals surface area contributed by atoms with Crippen LogP contribution >= 0.6 is 0 Å². The van der Waals surface area contributed by atoms with Gasteiger partial charge in [-0.05, 0) is 46.5 Å². The van der Waals surface area contributed by atoms with Crippen LogP contribution in [0.1, 0.15) is 24.0 Å². The molecule has 6 nitrogen and oxygen atoms in total. The van der Waals surface area contributed by atoms with Crippen molar-refractivity contribution in [3.8, 4) is 22.6 Å². The van der Waals surface area contributed by atoms with Crippen LogP contribution in [-0.4, -0.2) is 31.6 Å². The number of nitrogens with zero attached hydrogens (tertiary/aromatic N) is 1. The maximum absolute atomic E-state index is 12.7. The molecule has 0 aromatic heterocycles. The Kier molecular flexibility index (Phi) is 5.98. The molecule has 3 aromatic rings. The highest BCUT2D eigenvalue weighted by atomic mass is 16.5. The van der Waals surface area contributed by atoms with Crippen molar-refractivity contribution >= 4 is 17.5 Å². The van der Waals surface area contributed by atoms with Crippen LogP contribution in [0.4, 0.5) is 5.69 Å². The summed E-state index contributed by atoms with van der Waals surface area (Å²) in [6, 6.07) is 22.0. The lowest BCUT2D eigenvalue weighted by atomic mass is 10.0. The number of ether oxygens (including phenoxy) is 2. The van der Waals surface area contributed by atoms with Gasteiger partial charge in [0.2, 0.25) is 11.8 Å². The number of rotatable bonds is 6. The zero-order valence-electron chi connectivity index (χ0n) is 18.4. The van der Waals surface area contributed by atoms with Crippen LogP contribution in [0, 0.1) is 0 Å². The highest BCUT2D eigenvalue weighted by Crippen LogP contribution is 2.32. The monoisotopic (exact) mass is 442 g/mol. The van der Waals surface area contributed by atoms with E-state index in [1.807, 2.05) is 42.5 Å². The molecule has 2 heterocycles. The Bertz CT molecular complexity index is 1170. The second kappa shape index (κ2) is 9.36. The molecular formula is C27H26N2O4. The van der Waals surface area contributed by atoms with E-state index in [4.69, 9.17) is 9.47 Å². The fourth-order valence-electron chi connectivity index (χ4n) is 4.25. The number of anilines is 1. The molecule has 2 aliphatic heterocycles. The molecule has 168 valence electrons. The van der Waals surface area contributed by atoms with Crippen LogP contribution in [0.5, 0.6) is 11.5 Å². The fourth-order valence-corrected chi connectivity index (χ4v) is 4.25. The topological polar surface area (TPSA) is 67.9 Å². The summed E-state index contributed by atoms with van der Waals surface area (Å²) in [5, 5.41) is 2.92. The Labute approximate surface area is 193 Å². The van der Waals surface area contributed by atoms with Gasteiger partial charge in [0.25, 0.3) is 0 Å². The summed E-state index contributed by atoms with van der Waals surface area (Å²) < 4.78 is 11.2. The second-order valence-corrected chi connectivity index (χ2v) is 8.26. The number of benzene rings is 3. The Balaban J connectivity index is 1.12. The molecule has 0 unspecified atom stereocenters. The average molecular weight is 443 g/mol. The van der Waals surface area contributed by atoms with Gasteiger partial charge in [0.15, 0.2) is 0 Å². The number of hydrogen-bond acceptors (Lipinski definition) is 4. The maximum atomic E-state index is 12.7. The molecule has 0 bridgehead atoms. The van der Waals surface area contributed by atoms with Crippen LogP contribution in [-0.2, 0) is 22.6 Å². The van der Waals surface area contributed by atoms with E-state index >= 15 is 0 Å². The third-order valence-electron chi connectivity index (χ3n) is 6.06. The van der Waals surface area contributed by atoms with Crippen LogP contribution in [0.25, 0.3) is 11.1 Å². The maximum Gasteiger partial charge on any atom is 0.227 e. The molecule has 0 aliphatic carbocycles. The first kappa shape index (κ1) is 21.1. The molecule has 2 aliphatic rings. The Morgan fingerprint density at radius 1 is 0.848 bits per heavy atom. The van der Waals surface area contributed by atoms with Gasteiger partial charge in [-0.3, -0.25) is 9.59 Å². The van der Waals surface area contributed by atoms with Crippen molar-refractivity contribution in [2.24, 2.45) is 0 Å². The summed E-state index contributed by atoms with van der Waals surface area (Å²) in [6.07, 6.45) is 1.28. The van der Waals surface area contributed by atoms with Gasteiger partial charge in [-0.2, -0.15) is 0 Å². The molecular weight excluding hydrogens is 416 g/mol. The van der Waals surface area contributed by atoms with E-state index in [0.717, 1.165) is 41.2 Å². The Morgan fingerprint density at radius 2 is 1.64 bits per heavy atom. The lowest BCUT2D eigenvalue weighted by Gasteiger charge is -2.29. The third kappa shape index (κ3) is 4.70. The second-order valence-electron chi connectivity index (χ2n) is 8.26.